The third-order valence-electron chi connectivity index (χ3n) is 2.74. The summed E-state index contributed by atoms with van der Waals surface area (Å²) in [5.74, 6) is -1.66. The Balaban J connectivity index is 2.51. The predicted octanol–water partition coefficient (Wildman–Crippen LogP) is 0.273. The third kappa shape index (κ3) is 3.94. The lowest BCUT2D eigenvalue weighted by molar-refractivity contribution is -0.120. The fourth-order valence-corrected chi connectivity index (χ4v) is 1.79. The van der Waals surface area contributed by atoms with Gasteiger partial charge in [-0.05, 0) is 19.1 Å². The summed E-state index contributed by atoms with van der Waals surface area (Å²) in [6.45, 7) is 1.28. The maximum Gasteiger partial charge on any atom is 0.362 e. The van der Waals surface area contributed by atoms with Crippen molar-refractivity contribution in [1.82, 2.24) is 9.78 Å². The van der Waals surface area contributed by atoms with Crippen molar-refractivity contribution >= 4 is 11.9 Å². The number of carbonyl (C=O) groups is 2. The molecule has 0 unspecified atom stereocenters. The van der Waals surface area contributed by atoms with Crippen LogP contribution in [0.15, 0.2) is 41.2 Å². The van der Waals surface area contributed by atoms with Crippen LogP contribution in [0.1, 0.15) is 17.4 Å². The van der Waals surface area contributed by atoms with Crippen LogP contribution < -0.4 is 16.0 Å². The number of amides is 1. The van der Waals surface area contributed by atoms with E-state index in [1.54, 1.807) is 37.3 Å². The van der Waals surface area contributed by atoms with Crippen molar-refractivity contribution in [2.24, 2.45) is 5.73 Å². The highest BCUT2D eigenvalue weighted by Crippen LogP contribution is 2.16. The van der Waals surface area contributed by atoms with Gasteiger partial charge in [0.15, 0.2) is 12.4 Å². The number of nitrogens with zero attached hydrogens (tertiary/aromatic N) is 2. The van der Waals surface area contributed by atoms with E-state index in [1.165, 1.54) is 0 Å². The zero-order chi connectivity index (χ0) is 16.8. The van der Waals surface area contributed by atoms with Crippen molar-refractivity contribution in [2.45, 2.75) is 6.92 Å². The van der Waals surface area contributed by atoms with E-state index in [-0.39, 0.29) is 18.1 Å². The number of ether oxygens (including phenoxy) is 2. The molecular weight excluding hydrogens is 302 g/mol. The molecule has 0 aliphatic carbocycles. The zero-order valence-corrected chi connectivity index (χ0v) is 12.4. The van der Waals surface area contributed by atoms with E-state index < -0.39 is 24.0 Å². The van der Waals surface area contributed by atoms with Gasteiger partial charge in [0.25, 0.3) is 11.5 Å². The first-order chi connectivity index (χ1) is 11.0. The molecule has 23 heavy (non-hydrogen) atoms. The van der Waals surface area contributed by atoms with Gasteiger partial charge in [0.1, 0.15) is 0 Å². The minimum absolute atomic E-state index is 0.125. The van der Waals surface area contributed by atoms with Crippen LogP contribution in [0.5, 0.6) is 5.75 Å². The molecule has 0 spiro atoms. The number of rotatable bonds is 6. The van der Waals surface area contributed by atoms with Gasteiger partial charge >= 0.3 is 5.97 Å². The minimum Gasteiger partial charge on any atom is -0.481 e. The van der Waals surface area contributed by atoms with Gasteiger partial charge in [0.2, 0.25) is 5.69 Å². The molecular formula is C15H15N3O5. The Morgan fingerprint density at radius 2 is 1.96 bits per heavy atom. The molecule has 0 fully saturated rings. The second-order valence-corrected chi connectivity index (χ2v) is 4.42. The quantitative estimate of drug-likeness (QED) is 0.765. The normalized spacial score (nSPS) is 10.1. The van der Waals surface area contributed by atoms with Crippen molar-refractivity contribution in [3.63, 3.8) is 0 Å². The first kappa shape index (κ1) is 16.2. The Bertz CT molecular complexity index is 770. The number of hydrogen-bond acceptors (Lipinski definition) is 6. The van der Waals surface area contributed by atoms with E-state index in [0.29, 0.717) is 5.69 Å². The third-order valence-corrected chi connectivity index (χ3v) is 2.74. The first-order valence-corrected chi connectivity index (χ1v) is 6.81. The summed E-state index contributed by atoms with van der Waals surface area (Å²) in [5.41, 5.74) is 4.74. The van der Waals surface area contributed by atoms with Crippen molar-refractivity contribution in [3.8, 4) is 11.4 Å². The Morgan fingerprint density at radius 3 is 2.57 bits per heavy atom. The fraction of sp³-hybridized carbons (Fsp3) is 0.200. The summed E-state index contributed by atoms with van der Waals surface area (Å²) in [5, 5.41) is 3.99. The van der Waals surface area contributed by atoms with Gasteiger partial charge in [-0.3, -0.25) is 9.59 Å². The van der Waals surface area contributed by atoms with Crippen LogP contribution >= 0.6 is 0 Å². The van der Waals surface area contributed by atoms with E-state index >= 15 is 0 Å². The largest absolute Gasteiger partial charge is 0.481 e. The SMILES string of the molecule is CCOC(=O)c1nn(-c2ccccc2)c(=O)cc1OCC(N)=O. The number of benzene rings is 1. The summed E-state index contributed by atoms with van der Waals surface area (Å²) in [7, 11) is 0. The van der Waals surface area contributed by atoms with Crippen LogP contribution in [0, 0.1) is 0 Å². The lowest BCUT2D eigenvalue weighted by Crippen LogP contribution is -2.27. The van der Waals surface area contributed by atoms with Gasteiger partial charge in [-0.25, -0.2) is 4.79 Å². The number of aromatic nitrogens is 2. The summed E-state index contributed by atoms with van der Waals surface area (Å²) < 4.78 is 11.0. The molecule has 1 aromatic heterocycles. The molecule has 0 radical (unpaired) electrons. The summed E-state index contributed by atoms with van der Waals surface area (Å²) in [6, 6.07) is 9.62. The number of hydrogen-bond donors (Lipinski definition) is 1. The molecule has 0 aliphatic heterocycles. The lowest BCUT2D eigenvalue weighted by atomic mass is 10.3. The van der Waals surface area contributed by atoms with Crippen molar-refractivity contribution in [3.05, 3.63) is 52.4 Å². The first-order valence-electron chi connectivity index (χ1n) is 6.81. The van der Waals surface area contributed by atoms with Crippen LogP contribution in [0.25, 0.3) is 5.69 Å². The van der Waals surface area contributed by atoms with Gasteiger partial charge < -0.3 is 15.2 Å². The number of nitrogens with two attached hydrogens (primary N) is 1. The van der Waals surface area contributed by atoms with Crippen LogP contribution in [0.4, 0.5) is 0 Å². The highest BCUT2D eigenvalue weighted by Gasteiger charge is 2.20. The summed E-state index contributed by atoms with van der Waals surface area (Å²) in [6.07, 6.45) is 0. The van der Waals surface area contributed by atoms with Crippen molar-refractivity contribution < 1.29 is 19.1 Å². The molecule has 1 heterocycles. The Hall–Kier alpha value is -3.16. The molecule has 0 saturated carbocycles. The van der Waals surface area contributed by atoms with Crippen molar-refractivity contribution in [2.75, 3.05) is 13.2 Å². The maximum absolute atomic E-state index is 12.2. The van der Waals surface area contributed by atoms with E-state index in [9.17, 15) is 14.4 Å². The van der Waals surface area contributed by atoms with Crippen LogP contribution in [-0.4, -0.2) is 34.9 Å². The molecule has 8 nitrogen and oxygen atoms in total. The number of primary amides is 1. The topological polar surface area (TPSA) is 114 Å². The van der Waals surface area contributed by atoms with Gasteiger partial charge in [-0.1, -0.05) is 18.2 Å². The lowest BCUT2D eigenvalue weighted by Gasteiger charge is -2.11. The van der Waals surface area contributed by atoms with Gasteiger partial charge in [-0.15, -0.1) is 0 Å². The van der Waals surface area contributed by atoms with Gasteiger partial charge in [0, 0.05) is 0 Å². The van der Waals surface area contributed by atoms with Crippen LogP contribution in [-0.2, 0) is 9.53 Å². The maximum atomic E-state index is 12.2. The molecule has 0 saturated heterocycles. The molecule has 8 heteroatoms. The van der Waals surface area contributed by atoms with Gasteiger partial charge in [-0.2, -0.15) is 9.78 Å². The average Bonchev–Trinajstić information content (AvgIpc) is 2.54. The monoisotopic (exact) mass is 317 g/mol. The molecule has 2 aromatic rings. The molecule has 1 aromatic carbocycles. The molecule has 0 atom stereocenters. The van der Waals surface area contributed by atoms with Gasteiger partial charge in [0.05, 0.1) is 18.4 Å². The minimum atomic E-state index is -0.767. The summed E-state index contributed by atoms with van der Waals surface area (Å²) in [4.78, 5) is 35.0. The second kappa shape index (κ2) is 7.21. The highest BCUT2D eigenvalue weighted by molar-refractivity contribution is 5.90. The van der Waals surface area contributed by atoms with Crippen LogP contribution in [0.2, 0.25) is 0 Å². The van der Waals surface area contributed by atoms with Crippen LogP contribution in [0.3, 0.4) is 0 Å². The van der Waals surface area contributed by atoms with E-state index in [4.69, 9.17) is 15.2 Å². The second-order valence-electron chi connectivity index (χ2n) is 4.42. The van der Waals surface area contributed by atoms with E-state index in [0.717, 1.165) is 10.7 Å². The molecule has 2 N–H and O–H groups in total. The Morgan fingerprint density at radius 1 is 1.26 bits per heavy atom. The Labute approximate surface area is 131 Å². The molecule has 1 amide bonds. The molecule has 2 rings (SSSR count). The summed E-state index contributed by atoms with van der Waals surface area (Å²) >= 11 is 0. The zero-order valence-electron chi connectivity index (χ0n) is 12.4. The average molecular weight is 317 g/mol. The van der Waals surface area contributed by atoms with E-state index in [2.05, 4.69) is 5.10 Å². The number of para-hydroxylation sites is 1. The molecule has 120 valence electrons. The van der Waals surface area contributed by atoms with Crippen molar-refractivity contribution in [1.29, 1.82) is 0 Å². The molecule has 0 bridgehead atoms. The highest BCUT2D eigenvalue weighted by atomic mass is 16.5. The predicted molar refractivity (Wildman–Crippen MR) is 80.5 cm³/mol. The fourth-order valence-electron chi connectivity index (χ4n) is 1.79. The Kier molecular flexibility index (Phi) is 5.08. The molecule has 0 aliphatic rings. The smallest absolute Gasteiger partial charge is 0.362 e. The standard InChI is InChI=1S/C15H15N3O5/c1-2-22-15(21)14-11(23-9-12(16)19)8-13(20)18(17-14)10-6-4-3-5-7-10/h3-8H,2,9H2,1H3,(H2,16,19). The number of esters is 1. The van der Waals surface area contributed by atoms with E-state index in [1.807, 2.05) is 0 Å². The number of carbonyl (C=O) groups excluding carboxylic acids is 2.